The van der Waals surface area contributed by atoms with Gasteiger partial charge in [0, 0.05) is 29.9 Å². The molecule has 3 heterocycles. The molecule has 4 nitrogen and oxygen atoms in total. The molecule has 4 aromatic rings. The Hall–Kier alpha value is -3.52. The molecule has 0 N–H and O–H groups in total. The third kappa shape index (κ3) is 4.46. The van der Waals surface area contributed by atoms with E-state index in [-0.39, 0.29) is 18.5 Å². The first kappa shape index (κ1) is 22.3. The predicted molar refractivity (Wildman–Crippen MR) is 119 cm³/mol. The Kier molecular flexibility index (Phi) is 5.91. The smallest absolute Gasteiger partial charge is 0.375 e. The van der Waals surface area contributed by atoms with E-state index in [4.69, 9.17) is 9.72 Å². The van der Waals surface area contributed by atoms with Crippen LogP contribution in [0.15, 0.2) is 73.1 Å². The molecule has 1 aliphatic heterocycles. The fraction of sp³-hybridized carbons (Fsp3) is 0.231. The number of hydrogen-bond acceptors (Lipinski definition) is 3. The minimum absolute atomic E-state index is 0.0225. The van der Waals surface area contributed by atoms with Gasteiger partial charge in [0.2, 0.25) is 0 Å². The molecule has 2 aromatic carbocycles. The van der Waals surface area contributed by atoms with Gasteiger partial charge in [0.1, 0.15) is 11.6 Å². The topological polar surface area (TPSA) is 39.9 Å². The number of alkyl halides is 3. The maximum atomic E-state index is 13.5. The third-order valence-electron chi connectivity index (χ3n) is 5.96. The van der Waals surface area contributed by atoms with Crippen molar-refractivity contribution in [3.63, 3.8) is 0 Å². The van der Waals surface area contributed by atoms with Crippen LogP contribution in [0.25, 0.3) is 22.5 Å². The van der Waals surface area contributed by atoms with E-state index >= 15 is 0 Å². The molecule has 0 spiro atoms. The first-order valence-electron chi connectivity index (χ1n) is 10.9. The molecule has 0 bridgehead atoms. The average molecular weight is 467 g/mol. The van der Waals surface area contributed by atoms with Crippen LogP contribution in [-0.2, 0) is 23.9 Å². The molecule has 174 valence electrons. The van der Waals surface area contributed by atoms with Gasteiger partial charge in [0.25, 0.3) is 0 Å². The number of aryl methyl sites for hydroxylation is 1. The van der Waals surface area contributed by atoms with E-state index in [1.807, 2.05) is 12.1 Å². The van der Waals surface area contributed by atoms with Crippen molar-refractivity contribution in [2.75, 3.05) is 6.61 Å². The Labute approximate surface area is 193 Å². The Bertz CT molecular complexity index is 1280. The van der Waals surface area contributed by atoms with Crippen LogP contribution in [0.3, 0.4) is 0 Å². The maximum Gasteiger partial charge on any atom is 0.416 e. The van der Waals surface area contributed by atoms with Crippen LogP contribution in [0.1, 0.15) is 29.4 Å². The molecule has 0 saturated carbocycles. The van der Waals surface area contributed by atoms with Crippen molar-refractivity contribution in [2.45, 2.75) is 31.7 Å². The third-order valence-corrected chi connectivity index (χ3v) is 5.96. The first-order chi connectivity index (χ1) is 16.4. The van der Waals surface area contributed by atoms with Gasteiger partial charge >= 0.3 is 6.18 Å². The number of pyridine rings is 1. The zero-order valence-electron chi connectivity index (χ0n) is 18.1. The standard InChI is InChI=1S/C26H21F4N3O/c27-21-6-4-18(5-7-21)24-25(19-10-12-31-13-11-19)33-22(8-9-23(33)32-24)16-34-15-17-2-1-3-20(14-17)26(28,29)30/h1-7,10-14,22H,8-9,15-16H2. The lowest BCUT2D eigenvalue weighted by Gasteiger charge is -2.18. The van der Waals surface area contributed by atoms with Gasteiger partial charge in [-0.1, -0.05) is 12.1 Å². The molecule has 1 unspecified atom stereocenters. The molecule has 1 aliphatic rings. The van der Waals surface area contributed by atoms with Gasteiger partial charge in [-0.25, -0.2) is 9.37 Å². The highest BCUT2D eigenvalue weighted by Crippen LogP contribution is 2.39. The van der Waals surface area contributed by atoms with Gasteiger partial charge in [0.15, 0.2) is 0 Å². The summed E-state index contributed by atoms with van der Waals surface area (Å²) in [4.78, 5) is 8.97. The fourth-order valence-electron chi connectivity index (χ4n) is 4.38. The van der Waals surface area contributed by atoms with Gasteiger partial charge < -0.3 is 9.30 Å². The maximum absolute atomic E-state index is 13.5. The summed E-state index contributed by atoms with van der Waals surface area (Å²) in [5, 5.41) is 0. The number of rotatable bonds is 6. The molecular formula is C26H21F4N3O. The molecule has 0 saturated heterocycles. The molecule has 1 atom stereocenters. The van der Waals surface area contributed by atoms with E-state index in [1.165, 1.54) is 18.2 Å². The number of ether oxygens (including phenoxy) is 1. The van der Waals surface area contributed by atoms with Crippen molar-refractivity contribution in [2.24, 2.45) is 0 Å². The Morgan fingerprint density at radius 3 is 2.47 bits per heavy atom. The van der Waals surface area contributed by atoms with Crippen LogP contribution in [0.2, 0.25) is 0 Å². The minimum Gasteiger partial charge on any atom is -0.375 e. The quantitative estimate of drug-likeness (QED) is 0.305. The van der Waals surface area contributed by atoms with Crippen LogP contribution in [0, 0.1) is 5.82 Å². The minimum atomic E-state index is -4.39. The second kappa shape index (κ2) is 9.02. The van der Waals surface area contributed by atoms with E-state index in [0.717, 1.165) is 53.3 Å². The number of halogens is 4. The van der Waals surface area contributed by atoms with Gasteiger partial charge in [0.05, 0.1) is 36.2 Å². The average Bonchev–Trinajstić information content (AvgIpc) is 3.40. The van der Waals surface area contributed by atoms with E-state index in [2.05, 4.69) is 9.55 Å². The van der Waals surface area contributed by atoms with Crippen LogP contribution >= 0.6 is 0 Å². The van der Waals surface area contributed by atoms with Crippen molar-refractivity contribution in [3.8, 4) is 22.5 Å². The lowest BCUT2D eigenvalue weighted by molar-refractivity contribution is -0.137. The van der Waals surface area contributed by atoms with Crippen LogP contribution in [0.5, 0.6) is 0 Å². The SMILES string of the molecule is Fc1ccc(-c2nc3n(c2-c2ccncc2)C(COCc2cccc(C(F)(F)F)c2)CC3)cc1. The normalized spacial score (nSPS) is 15.5. The molecule has 0 aliphatic carbocycles. The zero-order valence-corrected chi connectivity index (χ0v) is 18.1. The lowest BCUT2D eigenvalue weighted by Crippen LogP contribution is -2.13. The largest absolute Gasteiger partial charge is 0.416 e. The number of fused-ring (bicyclic) bond motifs is 1. The van der Waals surface area contributed by atoms with Crippen molar-refractivity contribution < 1.29 is 22.3 Å². The molecule has 2 aromatic heterocycles. The van der Waals surface area contributed by atoms with Gasteiger partial charge in [-0.15, -0.1) is 0 Å². The predicted octanol–water partition coefficient (Wildman–Crippen LogP) is 6.47. The van der Waals surface area contributed by atoms with E-state index in [0.29, 0.717) is 12.2 Å². The van der Waals surface area contributed by atoms with E-state index < -0.39 is 11.7 Å². The van der Waals surface area contributed by atoms with Crippen LogP contribution < -0.4 is 0 Å². The summed E-state index contributed by atoms with van der Waals surface area (Å²) in [5.74, 6) is 0.584. The second-order valence-corrected chi connectivity index (χ2v) is 8.24. The zero-order chi connectivity index (χ0) is 23.7. The summed E-state index contributed by atoms with van der Waals surface area (Å²) in [7, 11) is 0. The number of imidazole rings is 1. The number of aromatic nitrogens is 3. The van der Waals surface area contributed by atoms with E-state index in [9.17, 15) is 17.6 Å². The van der Waals surface area contributed by atoms with Gasteiger partial charge in [-0.3, -0.25) is 4.98 Å². The monoisotopic (exact) mass is 467 g/mol. The van der Waals surface area contributed by atoms with E-state index in [1.54, 1.807) is 30.6 Å². The number of benzene rings is 2. The Morgan fingerprint density at radius 1 is 0.971 bits per heavy atom. The van der Waals surface area contributed by atoms with Gasteiger partial charge in [-0.2, -0.15) is 13.2 Å². The van der Waals surface area contributed by atoms with Crippen molar-refractivity contribution in [1.29, 1.82) is 0 Å². The fourth-order valence-corrected chi connectivity index (χ4v) is 4.38. The summed E-state index contributed by atoms with van der Waals surface area (Å²) < 4.78 is 60.5. The molecule has 8 heteroatoms. The lowest BCUT2D eigenvalue weighted by atomic mass is 10.0. The first-order valence-corrected chi connectivity index (χ1v) is 10.9. The number of nitrogens with zero attached hydrogens (tertiary/aromatic N) is 3. The Morgan fingerprint density at radius 2 is 1.74 bits per heavy atom. The highest BCUT2D eigenvalue weighted by Gasteiger charge is 2.31. The van der Waals surface area contributed by atoms with Crippen molar-refractivity contribution in [1.82, 2.24) is 14.5 Å². The van der Waals surface area contributed by atoms with Gasteiger partial charge in [-0.05, 0) is 60.5 Å². The summed E-state index contributed by atoms with van der Waals surface area (Å²) in [6, 6.07) is 15.2. The van der Waals surface area contributed by atoms with Crippen molar-refractivity contribution in [3.05, 3.63) is 95.8 Å². The highest BCUT2D eigenvalue weighted by molar-refractivity contribution is 5.79. The summed E-state index contributed by atoms with van der Waals surface area (Å²) in [6.45, 7) is 0.417. The summed E-state index contributed by atoms with van der Waals surface area (Å²) in [5.41, 5.74) is 3.17. The summed E-state index contributed by atoms with van der Waals surface area (Å²) >= 11 is 0. The van der Waals surface area contributed by atoms with Crippen LogP contribution in [0.4, 0.5) is 17.6 Å². The van der Waals surface area contributed by atoms with Crippen LogP contribution in [-0.4, -0.2) is 21.1 Å². The Balaban J connectivity index is 1.42. The second-order valence-electron chi connectivity index (χ2n) is 8.24. The molecular weight excluding hydrogens is 446 g/mol. The summed E-state index contributed by atoms with van der Waals surface area (Å²) in [6.07, 6.45) is 0.586. The molecule has 0 amide bonds. The molecule has 0 radical (unpaired) electrons. The molecule has 0 fully saturated rings. The molecule has 5 rings (SSSR count). The van der Waals surface area contributed by atoms with Crippen molar-refractivity contribution >= 4 is 0 Å². The molecule has 34 heavy (non-hydrogen) atoms. The highest BCUT2D eigenvalue weighted by atomic mass is 19.4. The number of hydrogen-bond donors (Lipinski definition) is 0.